The zero-order valence-electron chi connectivity index (χ0n) is 18.9. The van der Waals surface area contributed by atoms with Crippen molar-refractivity contribution in [3.63, 3.8) is 0 Å². The van der Waals surface area contributed by atoms with E-state index in [1.807, 2.05) is 54.6 Å². The Kier molecular flexibility index (Phi) is 8.07. The molecule has 1 heterocycles. The van der Waals surface area contributed by atoms with E-state index < -0.39 is 6.04 Å². The fraction of sp³-hybridized carbons (Fsp3) is 0.154. The van der Waals surface area contributed by atoms with Crippen molar-refractivity contribution < 1.29 is 14.3 Å². The predicted molar refractivity (Wildman–Crippen MR) is 138 cm³/mol. The lowest BCUT2D eigenvalue weighted by molar-refractivity contribution is -0.126. The van der Waals surface area contributed by atoms with Crippen molar-refractivity contribution in [1.29, 1.82) is 0 Å². The van der Waals surface area contributed by atoms with Crippen LogP contribution in [-0.2, 0) is 22.4 Å². The summed E-state index contributed by atoms with van der Waals surface area (Å²) in [5.74, 6) is 0.0820. The molecule has 1 unspecified atom stereocenters. The van der Waals surface area contributed by atoms with Crippen LogP contribution in [0.2, 0.25) is 5.02 Å². The van der Waals surface area contributed by atoms with Gasteiger partial charge in [-0.15, -0.1) is 10.2 Å². The van der Waals surface area contributed by atoms with Crippen molar-refractivity contribution in [3.05, 3.63) is 95.0 Å². The molecule has 35 heavy (non-hydrogen) atoms. The number of carbonyl (C=O) groups is 2. The Labute approximate surface area is 212 Å². The second kappa shape index (κ2) is 11.6. The van der Waals surface area contributed by atoms with E-state index >= 15 is 0 Å². The highest BCUT2D eigenvalue weighted by Crippen LogP contribution is 2.28. The summed E-state index contributed by atoms with van der Waals surface area (Å²) in [6.45, 7) is 0. The minimum Gasteiger partial charge on any atom is -0.497 e. The first-order valence-corrected chi connectivity index (χ1v) is 12.1. The monoisotopic (exact) mass is 506 g/mol. The molecule has 0 radical (unpaired) electrons. The number of aromatic nitrogens is 2. The number of nitrogens with zero attached hydrogens (tertiary/aromatic N) is 2. The number of nitrogens with one attached hydrogen (secondary N) is 2. The van der Waals surface area contributed by atoms with Crippen LogP contribution < -0.4 is 15.4 Å². The van der Waals surface area contributed by atoms with E-state index in [0.29, 0.717) is 27.3 Å². The minimum atomic E-state index is -0.790. The van der Waals surface area contributed by atoms with E-state index in [1.54, 1.807) is 31.4 Å². The van der Waals surface area contributed by atoms with Gasteiger partial charge in [-0.1, -0.05) is 77.5 Å². The van der Waals surface area contributed by atoms with Crippen molar-refractivity contribution in [2.45, 2.75) is 18.9 Å². The van der Waals surface area contributed by atoms with Crippen LogP contribution in [0, 0.1) is 0 Å². The largest absolute Gasteiger partial charge is 0.497 e. The lowest BCUT2D eigenvalue weighted by atomic mass is 10.0. The number of amides is 2. The second-order valence-electron chi connectivity index (χ2n) is 7.75. The summed E-state index contributed by atoms with van der Waals surface area (Å²) in [5.41, 5.74) is 2.55. The van der Waals surface area contributed by atoms with Crippen LogP contribution in [-0.4, -0.2) is 35.2 Å². The molecule has 3 aromatic carbocycles. The van der Waals surface area contributed by atoms with Gasteiger partial charge in [-0.05, 0) is 35.4 Å². The summed E-state index contributed by atoms with van der Waals surface area (Å²) in [6.07, 6.45) is 0.473. The number of carbonyl (C=O) groups excluding carboxylic acids is 2. The molecule has 0 aliphatic carbocycles. The number of rotatable bonds is 9. The van der Waals surface area contributed by atoms with E-state index in [4.69, 9.17) is 16.3 Å². The maximum atomic E-state index is 13.2. The van der Waals surface area contributed by atoms with Gasteiger partial charge in [0, 0.05) is 17.0 Å². The maximum Gasteiger partial charge on any atom is 0.249 e. The van der Waals surface area contributed by atoms with Gasteiger partial charge in [0.2, 0.25) is 16.9 Å². The first-order valence-electron chi connectivity index (χ1n) is 10.9. The molecular weight excluding hydrogens is 484 g/mol. The molecule has 1 atom stereocenters. The number of halogens is 1. The number of hydrogen-bond donors (Lipinski definition) is 2. The zero-order valence-corrected chi connectivity index (χ0v) is 20.5. The van der Waals surface area contributed by atoms with Crippen molar-refractivity contribution >= 4 is 39.9 Å². The Balaban J connectivity index is 1.46. The quantitative estimate of drug-likeness (QED) is 0.341. The molecule has 178 valence electrons. The third kappa shape index (κ3) is 6.88. The molecule has 4 rings (SSSR count). The Morgan fingerprint density at radius 2 is 1.74 bits per heavy atom. The SMILES string of the molecule is COc1ccc(CC(=O)NC(Cc2ccccc2)C(=O)Nc2nnc(-c3cccc(Cl)c3)s2)cc1. The lowest BCUT2D eigenvalue weighted by Crippen LogP contribution is -2.45. The highest BCUT2D eigenvalue weighted by Gasteiger charge is 2.23. The lowest BCUT2D eigenvalue weighted by Gasteiger charge is -2.18. The van der Waals surface area contributed by atoms with E-state index in [0.717, 1.165) is 16.7 Å². The Morgan fingerprint density at radius 1 is 0.971 bits per heavy atom. The molecule has 0 bridgehead atoms. The molecule has 0 aliphatic heterocycles. The number of methoxy groups -OCH3 is 1. The van der Waals surface area contributed by atoms with Gasteiger partial charge in [-0.3, -0.25) is 14.9 Å². The van der Waals surface area contributed by atoms with Crippen molar-refractivity contribution in [1.82, 2.24) is 15.5 Å². The summed E-state index contributed by atoms with van der Waals surface area (Å²) < 4.78 is 5.16. The molecule has 0 spiro atoms. The predicted octanol–water partition coefficient (Wildman–Crippen LogP) is 4.78. The first-order chi connectivity index (χ1) is 17.0. The second-order valence-corrected chi connectivity index (χ2v) is 9.16. The van der Waals surface area contributed by atoms with E-state index in [2.05, 4.69) is 20.8 Å². The van der Waals surface area contributed by atoms with Gasteiger partial charge in [0.1, 0.15) is 16.8 Å². The van der Waals surface area contributed by atoms with E-state index in [1.165, 1.54) is 11.3 Å². The van der Waals surface area contributed by atoms with Crippen LogP contribution in [0.4, 0.5) is 5.13 Å². The highest BCUT2D eigenvalue weighted by molar-refractivity contribution is 7.18. The van der Waals surface area contributed by atoms with Crippen LogP contribution in [0.25, 0.3) is 10.6 Å². The maximum absolute atomic E-state index is 13.2. The molecular formula is C26H23ClN4O3S. The van der Waals surface area contributed by atoms with Crippen LogP contribution in [0.3, 0.4) is 0 Å². The molecule has 0 fully saturated rings. The fourth-order valence-electron chi connectivity index (χ4n) is 3.44. The first kappa shape index (κ1) is 24.4. The van der Waals surface area contributed by atoms with Crippen LogP contribution in [0.15, 0.2) is 78.9 Å². The summed E-state index contributed by atoms with van der Waals surface area (Å²) in [6, 6.07) is 23.2. The molecule has 0 saturated carbocycles. The van der Waals surface area contributed by atoms with Crippen LogP contribution in [0.1, 0.15) is 11.1 Å². The smallest absolute Gasteiger partial charge is 0.249 e. The standard InChI is InChI=1S/C26H23ClN4O3S/c1-34-21-12-10-18(11-13-21)15-23(32)28-22(14-17-6-3-2-4-7-17)24(33)29-26-31-30-25(35-26)19-8-5-9-20(27)16-19/h2-13,16,22H,14-15H2,1H3,(H,28,32)(H,29,31,33). The molecule has 0 saturated heterocycles. The highest BCUT2D eigenvalue weighted by atomic mass is 35.5. The van der Waals surface area contributed by atoms with Gasteiger partial charge in [0.05, 0.1) is 13.5 Å². The number of benzene rings is 3. The summed E-state index contributed by atoms with van der Waals surface area (Å²) >= 11 is 7.30. The Hall–Kier alpha value is -3.75. The topological polar surface area (TPSA) is 93.2 Å². The third-order valence-electron chi connectivity index (χ3n) is 5.18. The van der Waals surface area contributed by atoms with Gasteiger partial charge in [-0.25, -0.2) is 0 Å². The van der Waals surface area contributed by atoms with Crippen LogP contribution >= 0.6 is 22.9 Å². The number of ether oxygens (including phenoxy) is 1. The Bertz CT molecular complexity index is 1300. The van der Waals surface area contributed by atoms with Gasteiger partial charge in [-0.2, -0.15) is 0 Å². The average Bonchev–Trinajstić information content (AvgIpc) is 3.33. The zero-order chi connectivity index (χ0) is 24.6. The third-order valence-corrected chi connectivity index (χ3v) is 6.31. The van der Waals surface area contributed by atoms with Gasteiger partial charge < -0.3 is 10.1 Å². The molecule has 9 heteroatoms. The molecule has 2 N–H and O–H groups in total. The van der Waals surface area contributed by atoms with Gasteiger partial charge in [0.25, 0.3) is 0 Å². The van der Waals surface area contributed by atoms with Crippen LogP contribution in [0.5, 0.6) is 5.75 Å². The normalized spacial score (nSPS) is 11.5. The van der Waals surface area contributed by atoms with Crippen molar-refractivity contribution in [2.75, 3.05) is 12.4 Å². The summed E-state index contributed by atoms with van der Waals surface area (Å²) in [7, 11) is 1.59. The molecule has 7 nitrogen and oxygen atoms in total. The molecule has 4 aromatic rings. The molecule has 2 amide bonds. The van der Waals surface area contributed by atoms with E-state index in [9.17, 15) is 9.59 Å². The minimum absolute atomic E-state index is 0.139. The van der Waals surface area contributed by atoms with Crippen molar-refractivity contribution in [3.8, 4) is 16.3 Å². The molecule has 0 aliphatic rings. The van der Waals surface area contributed by atoms with Crippen molar-refractivity contribution in [2.24, 2.45) is 0 Å². The summed E-state index contributed by atoms with van der Waals surface area (Å²) in [5, 5.41) is 15.5. The fourth-order valence-corrected chi connectivity index (χ4v) is 4.37. The molecule has 1 aromatic heterocycles. The van der Waals surface area contributed by atoms with Gasteiger partial charge in [0.15, 0.2) is 0 Å². The van der Waals surface area contributed by atoms with E-state index in [-0.39, 0.29) is 18.2 Å². The number of anilines is 1. The Morgan fingerprint density at radius 3 is 2.46 bits per heavy atom. The van der Waals surface area contributed by atoms with Gasteiger partial charge >= 0.3 is 0 Å². The number of hydrogen-bond acceptors (Lipinski definition) is 6. The summed E-state index contributed by atoms with van der Waals surface area (Å²) in [4.78, 5) is 25.9. The average molecular weight is 507 g/mol.